The first kappa shape index (κ1) is 16.9. The Morgan fingerprint density at radius 1 is 1.42 bits per heavy atom. The number of benzene rings is 1. The van der Waals surface area contributed by atoms with Crippen LogP contribution >= 0.6 is 11.6 Å². The minimum atomic E-state index is -0.208. The van der Waals surface area contributed by atoms with Crippen LogP contribution in [0.3, 0.4) is 0 Å². The molecule has 0 bridgehead atoms. The van der Waals surface area contributed by atoms with Crippen LogP contribution in [0.2, 0.25) is 5.02 Å². The smallest absolute Gasteiger partial charge is 0.274 e. The standard InChI is InChI=1S/C17H22ClN5O/c1-11(13-4-3-5-14(18)10-13)20-17(24)16-12(2)23(22-21-16)15-6-8-19-9-7-15/h3-5,10-11,15,19H,6-9H2,1-2H3,(H,20,24)/t11-/m1/s1. The van der Waals surface area contributed by atoms with E-state index in [1.165, 1.54) is 0 Å². The average Bonchev–Trinajstić information content (AvgIpc) is 2.97. The lowest BCUT2D eigenvalue weighted by atomic mass is 10.1. The number of carbonyl (C=O) groups is 1. The van der Waals surface area contributed by atoms with Crippen molar-refractivity contribution in [2.24, 2.45) is 0 Å². The van der Waals surface area contributed by atoms with E-state index in [4.69, 9.17) is 11.6 Å². The van der Waals surface area contributed by atoms with Crippen molar-refractivity contribution in [2.75, 3.05) is 13.1 Å². The summed E-state index contributed by atoms with van der Waals surface area (Å²) in [4.78, 5) is 12.6. The molecule has 0 aliphatic carbocycles. The van der Waals surface area contributed by atoms with E-state index < -0.39 is 0 Å². The van der Waals surface area contributed by atoms with Gasteiger partial charge in [0.1, 0.15) is 0 Å². The highest BCUT2D eigenvalue weighted by Crippen LogP contribution is 2.21. The maximum atomic E-state index is 12.6. The Labute approximate surface area is 146 Å². The van der Waals surface area contributed by atoms with Crippen molar-refractivity contribution in [2.45, 2.75) is 38.8 Å². The Morgan fingerprint density at radius 2 is 2.17 bits per heavy atom. The van der Waals surface area contributed by atoms with Crippen LogP contribution in [0, 0.1) is 6.92 Å². The molecule has 1 aliphatic rings. The molecule has 0 saturated carbocycles. The van der Waals surface area contributed by atoms with E-state index >= 15 is 0 Å². The lowest BCUT2D eigenvalue weighted by Crippen LogP contribution is -2.31. The fraction of sp³-hybridized carbons (Fsp3) is 0.471. The van der Waals surface area contributed by atoms with Crippen LogP contribution < -0.4 is 10.6 Å². The molecule has 1 aromatic heterocycles. The van der Waals surface area contributed by atoms with E-state index in [-0.39, 0.29) is 11.9 Å². The van der Waals surface area contributed by atoms with E-state index in [1.807, 2.05) is 42.8 Å². The second-order valence-corrected chi connectivity index (χ2v) is 6.64. The largest absolute Gasteiger partial charge is 0.344 e. The van der Waals surface area contributed by atoms with Crippen molar-refractivity contribution in [3.05, 3.63) is 46.2 Å². The lowest BCUT2D eigenvalue weighted by molar-refractivity contribution is 0.0934. The molecule has 6 nitrogen and oxygen atoms in total. The topological polar surface area (TPSA) is 71.8 Å². The predicted molar refractivity (Wildman–Crippen MR) is 93.2 cm³/mol. The average molecular weight is 348 g/mol. The molecule has 1 aliphatic heterocycles. The van der Waals surface area contributed by atoms with Crippen molar-refractivity contribution in [3.63, 3.8) is 0 Å². The lowest BCUT2D eigenvalue weighted by Gasteiger charge is -2.23. The molecule has 0 unspecified atom stereocenters. The molecular formula is C17H22ClN5O. The SMILES string of the molecule is Cc1c(C(=O)N[C@H](C)c2cccc(Cl)c2)nnn1C1CCNCC1. The van der Waals surface area contributed by atoms with Gasteiger partial charge in [-0.05, 0) is 57.5 Å². The molecule has 1 aromatic carbocycles. The van der Waals surface area contributed by atoms with Crippen LogP contribution in [0.4, 0.5) is 0 Å². The summed E-state index contributed by atoms with van der Waals surface area (Å²) >= 11 is 6.01. The molecule has 3 rings (SSSR count). The van der Waals surface area contributed by atoms with Crippen LogP contribution in [-0.2, 0) is 0 Å². The summed E-state index contributed by atoms with van der Waals surface area (Å²) in [6.45, 7) is 5.77. The van der Waals surface area contributed by atoms with Crippen LogP contribution in [0.1, 0.15) is 53.6 Å². The second-order valence-electron chi connectivity index (χ2n) is 6.20. The maximum Gasteiger partial charge on any atom is 0.274 e. The molecule has 1 atom stereocenters. The summed E-state index contributed by atoms with van der Waals surface area (Å²) in [6, 6.07) is 7.64. The highest BCUT2D eigenvalue weighted by Gasteiger charge is 2.23. The summed E-state index contributed by atoms with van der Waals surface area (Å²) in [5.74, 6) is -0.208. The number of amides is 1. The van der Waals surface area contributed by atoms with Gasteiger partial charge in [0, 0.05) is 5.02 Å². The maximum absolute atomic E-state index is 12.6. The third-order valence-corrected chi connectivity index (χ3v) is 4.73. The zero-order valence-electron chi connectivity index (χ0n) is 13.9. The van der Waals surface area contributed by atoms with E-state index in [1.54, 1.807) is 0 Å². The third kappa shape index (κ3) is 3.60. The number of halogens is 1. The number of rotatable bonds is 4. The number of hydrogen-bond acceptors (Lipinski definition) is 4. The Bertz CT molecular complexity index is 724. The Morgan fingerprint density at radius 3 is 2.88 bits per heavy atom. The number of carbonyl (C=O) groups excluding carboxylic acids is 1. The van der Waals surface area contributed by atoms with Crippen molar-refractivity contribution in [1.82, 2.24) is 25.6 Å². The van der Waals surface area contributed by atoms with Gasteiger partial charge in [0.15, 0.2) is 5.69 Å². The minimum Gasteiger partial charge on any atom is -0.344 e. The highest BCUT2D eigenvalue weighted by molar-refractivity contribution is 6.30. The molecule has 2 heterocycles. The quantitative estimate of drug-likeness (QED) is 0.892. The highest BCUT2D eigenvalue weighted by atomic mass is 35.5. The van der Waals surface area contributed by atoms with Crippen molar-refractivity contribution >= 4 is 17.5 Å². The first-order chi connectivity index (χ1) is 11.6. The zero-order chi connectivity index (χ0) is 17.1. The zero-order valence-corrected chi connectivity index (χ0v) is 14.7. The Balaban J connectivity index is 1.72. The first-order valence-electron chi connectivity index (χ1n) is 8.25. The van der Waals surface area contributed by atoms with E-state index in [0.717, 1.165) is 37.2 Å². The fourth-order valence-corrected chi connectivity index (χ4v) is 3.27. The van der Waals surface area contributed by atoms with Crippen molar-refractivity contribution < 1.29 is 4.79 Å². The predicted octanol–water partition coefficient (Wildman–Crippen LogP) is 2.66. The van der Waals surface area contributed by atoms with Crippen molar-refractivity contribution in [3.8, 4) is 0 Å². The van der Waals surface area contributed by atoms with Gasteiger partial charge in [0.25, 0.3) is 5.91 Å². The summed E-state index contributed by atoms with van der Waals surface area (Å²) in [6.07, 6.45) is 2.01. The molecule has 2 N–H and O–H groups in total. The van der Waals surface area contributed by atoms with Gasteiger partial charge in [0.2, 0.25) is 0 Å². The van der Waals surface area contributed by atoms with Gasteiger partial charge < -0.3 is 10.6 Å². The van der Waals surface area contributed by atoms with E-state index in [9.17, 15) is 4.79 Å². The number of piperidine rings is 1. The van der Waals surface area contributed by atoms with Gasteiger partial charge in [-0.3, -0.25) is 4.79 Å². The van der Waals surface area contributed by atoms with Gasteiger partial charge in [0.05, 0.1) is 17.8 Å². The molecule has 2 aromatic rings. The Hall–Kier alpha value is -1.92. The second kappa shape index (κ2) is 7.32. The first-order valence-corrected chi connectivity index (χ1v) is 8.63. The third-order valence-electron chi connectivity index (χ3n) is 4.49. The van der Waals surface area contributed by atoms with Gasteiger partial charge in [-0.25, -0.2) is 4.68 Å². The number of aromatic nitrogens is 3. The monoisotopic (exact) mass is 347 g/mol. The Kier molecular flexibility index (Phi) is 5.16. The molecule has 0 radical (unpaired) electrons. The molecule has 1 saturated heterocycles. The molecular weight excluding hydrogens is 326 g/mol. The minimum absolute atomic E-state index is 0.153. The van der Waals surface area contributed by atoms with Crippen LogP contribution in [-0.4, -0.2) is 34.0 Å². The van der Waals surface area contributed by atoms with E-state index in [2.05, 4.69) is 20.9 Å². The molecule has 1 amide bonds. The number of hydrogen-bond donors (Lipinski definition) is 2. The summed E-state index contributed by atoms with van der Waals surface area (Å²) in [5.41, 5.74) is 2.17. The van der Waals surface area contributed by atoms with Gasteiger partial charge in [-0.1, -0.05) is 28.9 Å². The fourth-order valence-electron chi connectivity index (χ4n) is 3.07. The molecule has 128 valence electrons. The molecule has 24 heavy (non-hydrogen) atoms. The molecule has 1 fully saturated rings. The summed E-state index contributed by atoms with van der Waals surface area (Å²) < 4.78 is 1.89. The normalized spacial score (nSPS) is 16.8. The summed E-state index contributed by atoms with van der Waals surface area (Å²) in [5, 5.41) is 15.3. The van der Waals surface area contributed by atoms with Crippen LogP contribution in [0.5, 0.6) is 0 Å². The van der Waals surface area contributed by atoms with Gasteiger partial charge in [-0.2, -0.15) is 0 Å². The van der Waals surface area contributed by atoms with Gasteiger partial charge in [-0.15, -0.1) is 5.10 Å². The number of nitrogens with zero attached hydrogens (tertiary/aromatic N) is 3. The van der Waals surface area contributed by atoms with Crippen LogP contribution in [0.25, 0.3) is 0 Å². The number of nitrogens with one attached hydrogen (secondary N) is 2. The van der Waals surface area contributed by atoms with E-state index in [0.29, 0.717) is 16.8 Å². The molecule has 7 heteroatoms. The van der Waals surface area contributed by atoms with Gasteiger partial charge >= 0.3 is 0 Å². The molecule has 0 spiro atoms. The van der Waals surface area contributed by atoms with Crippen molar-refractivity contribution in [1.29, 1.82) is 0 Å². The van der Waals surface area contributed by atoms with Crippen LogP contribution in [0.15, 0.2) is 24.3 Å². The summed E-state index contributed by atoms with van der Waals surface area (Å²) in [7, 11) is 0.